The number of aryl methyl sites for hydroxylation is 4. The molecule has 3 aromatic rings. The Bertz CT molecular complexity index is 999. The molecule has 2 N–H and O–H groups in total. The number of aromatic nitrogens is 3. The first-order valence-electron chi connectivity index (χ1n) is 8.14. The van der Waals surface area contributed by atoms with Gasteiger partial charge in [-0.1, -0.05) is 6.92 Å². The van der Waals surface area contributed by atoms with Crippen LogP contribution in [-0.4, -0.2) is 27.4 Å². The van der Waals surface area contributed by atoms with Crippen molar-refractivity contribution in [2.45, 2.75) is 40.5 Å². The molecule has 3 rings (SSSR count). The first kappa shape index (κ1) is 17.3. The van der Waals surface area contributed by atoms with E-state index in [0.717, 1.165) is 15.3 Å². The molecule has 25 heavy (non-hydrogen) atoms. The standard InChI is InChI=1S/C17H20N4O3S/c1-5-12-19-9(3)14(24-12)16(23)18-7-6-11-20-15(22)13-8(2)10(4)25-17(13)21-11/h5-7H2,1-4H3,(H,18,23)(H,20,21,22). The lowest BCUT2D eigenvalue weighted by Crippen LogP contribution is -2.27. The number of carbonyl (C=O) groups excluding carboxylic acids is 1. The first-order chi connectivity index (χ1) is 11.9. The molecule has 0 aliphatic carbocycles. The maximum atomic E-state index is 12.2. The second kappa shape index (κ2) is 6.79. The molecule has 0 aliphatic heterocycles. The van der Waals surface area contributed by atoms with Crippen LogP contribution >= 0.6 is 11.3 Å². The van der Waals surface area contributed by atoms with Crippen molar-refractivity contribution in [2.24, 2.45) is 0 Å². The average Bonchev–Trinajstić information content (AvgIpc) is 3.07. The zero-order valence-corrected chi connectivity index (χ0v) is 15.5. The Morgan fingerprint density at radius 3 is 2.72 bits per heavy atom. The van der Waals surface area contributed by atoms with Crippen molar-refractivity contribution in [2.75, 3.05) is 6.54 Å². The van der Waals surface area contributed by atoms with Gasteiger partial charge in [0.25, 0.3) is 11.5 Å². The fraction of sp³-hybridized carbons (Fsp3) is 0.412. The Balaban J connectivity index is 1.69. The second-order valence-corrected chi connectivity index (χ2v) is 7.06. The number of fused-ring (bicyclic) bond motifs is 1. The lowest BCUT2D eigenvalue weighted by atomic mass is 10.2. The van der Waals surface area contributed by atoms with Gasteiger partial charge in [-0.3, -0.25) is 9.59 Å². The lowest BCUT2D eigenvalue weighted by molar-refractivity contribution is 0.0923. The fourth-order valence-electron chi connectivity index (χ4n) is 2.61. The van der Waals surface area contributed by atoms with Gasteiger partial charge in [-0.25, -0.2) is 9.97 Å². The van der Waals surface area contributed by atoms with E-state index in [4.69, 9.17) is 4.42 Å². The number of H-pyrrole nitrogens is 1. The Morgan fingerprint density at radius 1 is 1.28 bits per heavy atom. The predicted molar refractivity (Wildman–Crippen MR) is 96.4 cm³/mol. The van der Waals surface area contributed by atoms with E-state index in [1.54, 1.807) is 6.92 Å². The third kappa shape index (κ3) is 3.34. The Labute approximate surface area is 148 Å². The molecule has 0 bridgehead atoms. The first-order valence-corrected chi connectivity index (χ1v) is 8.95. The van der Waals surface area contributed by atoms with Crippen LogP contribution in [0.3, 0.4) is 0 Å². The van der Waals surface area contributed by atoms with Crippen molar-refractivity contribution in [1.82, 2.24) is 20.3 Å². The number of aromatic amines is 1. The summed E-state index contributed by atoms with van der Waals surface area (Å²) < 4.78 is 5.43. The molecular weight excluding hydrogens is 340 g/mol. The van der Waals surface area contributed by atoms with Crippen LogP contribution in [0.25, 0.3) is 10.2 Å². The number of amides is 1. The zero-order chi connectivity index (χ0) is 18.1. The molecule has 0 saturated carbocycles. The Hall–Kier alpha value is -2.48. The second-order valence-electron chi connectivity index (χ2n) is 5.86. The summed E-state index contributed by atoms with van der Waals surface area (Å²) in [5.41, 5.74) is 1.42. The quantitative estimate of drug-likeness (QED) is 0.728. The summed E-state index contributed by atoms with van der Waals surface area (Å²) in [5, 5.41) is 3.43. The van der Waals surface area contributed by atoms with Crippen LogP contribution in [0, 0.1) is 20.8 Å². The molecule has 1 amide bonds. The number of hydrogen-bond donors (Lipinski definition) is 2. The summed E-state index contributed by atoms with van der Waals surface area (Å²) in [5.74, 6) is 1.03. The molecule has 0 atom stereocenters. The number of carbonyl (C=O) groups is 1. The van der Waals surface area contributed by atoms with Gasteiger partial charge in [0, 0.05) is 24.3 Å². The molecule has 7 nitrogen and oxygen atoms in total. The summed E-state index contributed by atoms with van der Waals surface area (Å²) in [6.07, 6.45) is 1.07. The van der Waals surface area contributed by atoms with Gasteiger partial charge in [0.15, 0.2) is 5.89 Å². The minimum absolute atomic E-state index is 0.133. The van der Waals surface area contributed by atoms with Crippen molar-refractivity contribution in [3.8, 4) is 0 Å². The molecule has 0 fully saturated rings. The molecule has 0 saturated heterocycles. The van der Waals surface area contributed by atoms with Gasteiger partial charge < -0.3 is 14.7 Å². The van der Waals surface area contributed by atoms with Gasteiger partial charge in [-0.05, 0) is 26.3 Å². The Kier molecular flexibility index (Phi) is 4.71. The number of hydrogen-bond acceptors (Lipinski definition) is 6. The van der Waals surface area contributed by atoms with E-state index in [1.165, 1.54) is 11.3 Å². The largest absolute Gasteiger partial charge is 0.435 e. The number of rotatable bonds is 5. The normalized spacial score (nSPS) is 11.2. The van der Waals surface area contributed by atoms with Gasteiger partial charge in [0.2, 0.25) is 5.76 Å². The van der Waals surface area contributed by atoms with Crippen molar-refractivity contribution in [3.05, 3.63) is 44.0 Å². The van der Waals surface area contributed by atoms with Crippen molar-refractivity contribution in [3.63, 3.8) is 0 Å². The van der Waals surface area contributed by atoms with Crippen LogP contribution in [0.4, 0.5) is 0 Å². The minimum Gasteiger partial charge on any atom is -0.435 e. The Morgan fingerprint density at radius 2 is 2.04 bits per heavy atom. The van der Waals surface area contributed by atoms with Crippen LogP contribution in [0.1, 0.15) is 45.3 Å². The number of thiophene rings is 1. The molecule has 0 radical (unpaired) electrons. The van der Waals surface area contributed by atoms with Gasteiger partial charge in [-0.2, -0.15) is 0 Å². The summed E-state index contributed by atoms with van der Waals surface area (Å²) in [6.45, 7) is 7.91. The number of oxazole rings is 1. The molecule has 0 unspecified atom stereocenters. The molecule has 0 aliphatic rings. The van der Waals surface area contributed by atoms with Crippen molar-refractivity contribution in [1.29, 1.82) is 0 Å². The van der Waals surface area contributed by atoms with E-state index in [9.17, 15) is 9.59 Å². The fourth-order valence-corrected chi connectivity index (χ4v) is 3.66. The van der Waals surface area contributed by atoms with Crippen molar-refractivity contribution < 1.29 is 9.21 Å². The highest BCUT2D eigenvalue weighted by atomic mass is 32.1. The molecule has 3 heterocycles. The van der Waals surface area contributed by atoms with Crippen molar-refractivity contribution >= 4 is 27.5 Å². The molecule has 0 aromatic carbocycles. The van der Waals surface area contributed by atoms with E-state index < -0.39 is 0 Å². The zero-order valence-electron chi connectivity index (χ0n) is 14.6. The highest BCUT2D eigenvalue weighted by Gasteiger charge is 2.17. The van der Waals surface area contributed by atoms with Crippen LogP contribution < -0.4 is 10.9 Å². The predicted octanol–water partition coefficient (Wildman–Crippen LogP) is 2.43. The topological polar surface area (TPSA) is 101 Å². The maximum Gasteiger partial charge on any atom is 0.289 e. The third-order valence-corrected chi connectivity index (χ3v) is 5.19. The van der Waals surface area contributed by atoms with Crippen LogP contribution in [0.5, 0.6) is 0 Å². The molecular formula is C17H20N4O3S. The van der Waals surface area contributed by atoms with E-state index in [1.807, 2.05) is 20.8 Å². The molecule has 3 aromatic heterocycles. The van der Waals surface area contributed by atoms with Crippen LogP contribution in [0.15, 0.2) is 9.21 Å². The van der Waals surface area contributed by atoms with E-state index >= 15 is 0 Å². The summed E-state index contributed by atoms with van der Waals surface area (Å²) in [6, 6.07) is 0. The van der Waals surface area contributed by atoms with Crippen LogP contribution in [0.2, 0.25) is 0 Å². The minimum atomic E-state index is -0.309. The van der Waals surface area contributed by atoms with E-state index in [-0.39, 0.29) is 17.2 Å². The number of nitrogens with zero attached hydrogens (tertiary/aromatic N) is 2. The average molecular weight is 360 g/mol. The molecule has 0 spiro atoms. The summed E-state index contributed by atoms with van der Waals surface area (Å²) in [4.78, 5) is 37.7. The number of nitrogens with one attached hydrogen (secondary N) is 2. The summed E-state index contributed by atoms with van der Waals surface area (Å²) in [7, 11) is 0. The highest BCUT2D eigenvalue weighted by molar-refractivity contribution is 7.18. The SMILES string of the molecule is CCc1nc(C)c(C(=O)NCCc2nc3sc(C)c(C)c3c(=O)[nH]2)o1. The molecule has 132 valence electrons. The van der Waals surface area contributed by atoms with Gasteiger partial charge in [0.05, 0.1) is 11.1 Å². The third-order valence-electron chi connectivity index (χ3n) is 4.09. The summed E-state index contributed by atoms with van der Waals surface area (Å²) >= 11 is 1.51. The van der Waals surface area contributed by atoms with Gasteiger partial charge in [-0.15, -0.1) is 11.3 Å². The van der Waals surface area contributed by atoms with Gasteiger partial charge >= 0.3 is 0 Å². The smallest absolute Gasteiger partial charge is 0.289 e. The lowest BCUT2D eigenvalue weighted by Gasteiger charge is -2.04. The van der Waals surface area contributed by atoms with E-state index in [2.05, 4.69) is 20.3 Å². The highest BCUT2D eigenvalue weighted by Crippen LogP contribution is 2.25. The monoisotopic (exact) mass is 360 g/mol. The van der Waals surface area contributed by atoms with Gasteiger partial charge in [0.1, 0.15) is 10.7 Å². The molecule has 8 heteroatoms. The van der Waals surface area contributed by atoms with Crippen LogP contribution in [-0.2, 0) is 12.8 Å². The maximum absolute atomic E-state index is 12.2. The van der Waals surface area contributed by atoms with E-state index in [0.29, 0.717) is 42.2 Å².